The number of likely N-dealkylation sites (N-methyl/N-ethyl adjacent to an activating group) is 2. The number of thiazole rings is 1. The van der Waals surface area contributed by atoms with Crippen molar-refractivity contribution < 1.29 is 13.2 Å². The predicted molar refractivity (Wildman–Crippen MR) is 158 cm³/mol. The zero-order valence-corrected chi connectivity index (χ0v) is 24.5. The van der Waals surface area contributed by atoms with E-state index in [1.54, 1.807) is 34.8 Å². The molecular weight excluding hydrogens is 551 g/mol. The van der Waals surface area contributed by atoms with Gasteiger partial charge in [-0.15, -0.1) is 22.7 Å². The molecule has 11 heteroatoms. The Morgan fingerprint density at radius 2 is 1.74 bits per heavy atom. The number of sulfonamides is 1. The molecule has 2 aliphatic heterocycles. The third-order valence-electron chi connectivity index (χ3n) is 7.53. The van der Waals surface area contributed by atoms with Crippen LogP contribution in [0.4, 0.5) is 5.00 Å². The molecule has 1 N–H and O–H groups in total. The number of amides is 1. The summed E-state index contributed by atoms with van der Waals surface area (Å²) in [5.41, 5.74) is 3.67. The van der Waals surface area contributed by atoms with Crippen LogP contribution < -0.4 is 5.32 Å². The van der Waals surface area contributed by atoms with Gasteiger partial charge in [-0.05, 0) is 62.0 Å². The van der Waals surface area contributed by atoms with Crippen LogP contribution in [0.1, 0.15) is 27.7 Å². The first kappa shape index (κ1) is 26.5. The number of anilines is 1. The number of nitrogens with one attached hydrogen (secondary N) is 1. The number of piperazine rings is 1. The van der Waals surface area contributed by atoms with Crippen molar-refractivity contribution in [3.05, 3.63) is 64.5 Å². The Kier molecular flexibility index (Phi) is 7.30. The highest BCUT2D eigenvalue weighted by molar-refractivity contribution is 7.89. The molecule has 1 fully saturated rings. The molecule has 6 rings (SSSR count). The Morgan fingerprint density at radius 3 is 2.46 bits per heavy atom. The van der Waals surface area contributed by atoms with Crippen molar-refractivity contribution in [1.29, 1.82) is 0 Å². The van der Waals surface area contributed by atoms with E-state index in [9.17, 15) is 13.2 Å². The summed E-state index contributed by atoms with van der Waals surface area (Å²) in [6.07, 6.45) is 0.916. The lowest BCUT2D eigenvalue weighted by molar-refractivity contribution is 0.102. The SMILES string of the molecule is CCN1CCc2c(sc(NC(=O)c3ccc(S(=O)(=O)N4CCN(C)CC4)cc3)c2-c2nc3ccccc3s2)C1. The molecule has 8 nitrogen and oxygen atoms in total. The normalized spacial score (nSPS) is 17.4. The summed E-state index contributed by atoms with van der Waals surface area (Å²) in [4.78, 5) is 24.3. The van der Waals surface area contributed by atoms with Gasteiger partial charge in [0, 0.05) is 55.3 Å². The number of carbonyl (C=O) groups is 1. The monoisotopic (exact) mass is 581 g/mol. The first-order valence-corrected chi connectivity index (χ1v) is 16.2. The molecule has 39 heavy (non-hydrogen) atoms. The van der Waals surface area contributed by atoms with E-state index in [0.29, 0.717) is 31.7 Å². The summed E-state index contributed by atoms with van der Waals surface area (Å²) in [5.74, 6) is -0.258. The third-order valence-corrected chi connectivity index (χ3v) is 11.6. The van der Waals surface area contributed by atoms with Gasteiger partial charge in [-0.1, -0.05) is 19.1 Å². The van der Waals surface area contributed by atoms with Crippen molar-refractivity contribution in [3.63, 3.8) is 0 Å². The molecule has 0 atom stereocenters. The number of carbonyl (C=O) groups excluding carboxylic acids is 1. The van der Waals surface area contributed by atoms with Crippen LogP contribution in [0.2, 0.25) is 0 Å². The minimum atomic E-state index is -3.59. The second kappa shape index (κ2) is 10.7. The van der Waals surface area contributed by atoms with Crippen molar-refractivity contribution >= 4 is 53.8 Å². The van der Waals surface area contributed by atoms with Gasteiger partial charge in [-0.3, -0.25) is 9.69 Å². The lowest BCUT2D eigenvalue weighted by atomic mass is 10.0. The molecule has 0 spiro atoms. The second-order valence-corrected chi connectivity index (χ2v) is 14.1. The Hall–Kier alpha value is -2.67. The van der Waals surface area contributed by atoms with Gasteiger partial charge in [0.25, 0.3) is 5.91 Å². The maximum Gasteiger partial charge on any atom is 0.256 e. The number of hydrogen-bond acceptors (Lipinski definition) is 8. The van der Waals surface area contributed by atoms with Crippen molar-refractivity contribution in [2.24, 2.45) is 0 Å². The largest absolute Gasteiger partial charge is 0.313 e. The van der Waals surface area contributed by atoms with Crippen LogP contribution in [0.5, 0.6) is 0 Å². The van der Waals surface area contributed by atoms with Gasteiger partial charge in [0.1, 0.15) is 10.0 Å². The van der Waals surface area contributed by atoms with E-state index in [2.05, 4.69) is 28.1 Å². The summed E-state index contributed by atoms with van der Waals surface area (Å²) >= 11 is 3.27. The quantitative estimate of drug-likeness (QED) is 0.359. The topological polar surface area (TPSA) is 85.8 Å². The van der Waals surface area contributed by atoms with Crippen molar-refractivity contribution in [3.8, 4) is 10.6 Å². The van der Waals surface area contributed by atoms with E-state index in [-0.39, 0.29) is 10.8 Å². The van der Waals surface area contributed by atoms with Gasteiger partial charge < -0.3 is 10.2 Å². The number of aromatic nitrogens is 1. The first-order valence-electron chi connectivity index (χ1n) is 13.2. The summed E-state index contributed by atoms with van der Waals surface area (Å²) in [6.45, 7) is 7.34. The highest BCUT2D eigenvalue weighted by Gasteiger charge is 2.29. The molecule has 2 aliphatic rings. The first-order chi connectivity index (χ1) is 18.8. The molecule has 2 aromatic carbocycles. The summed E-state index contributed by atoms with van der Waals surface area (Å²) in [7, 11) is -1.60. The zero-order chi connectivity index (χ0) is 27.1. The van der Waals surface area contributed by atoms with Crippen LogP contribution in [0.25, 0.3) is 20.8 Å². The molecule has 0 radical (unpaired) electrons. The minimum Gasteiger partial charge on any atom is -0.313 e. The van der Waals surface area contributed by atoms with E-state index in [1.807, 2.05) is 25.2 Å². The van der Waals surface area contributed by atoms with Crippen LogP contribution >= 0.6 is 22.7 Å². The maximum atomic E-state index is 13.4. The molecule has 0 unspecified atom stereocenters. The summed E-state index contributed by atoms with van der Waals surface area (Å²) in [6, 6.07) is 14.4. The molecular formula is C28H31N5O3S3. The lowest BCUT2D eigenvalue weighted by Gasteiger charge is -2.31. The Morgan fingerprint density at radius 1 is 1.00 bits per heavy atom. The van der Waals surface area contributed by atoms with Crippen molar-refractivity contribution in [2.45, 2.75) is 24.8 Å². The van der Waals surface area contributed by atoms with Gasteiger partial charge in [0.2, 0.25) is 10.0 Å². The molecule has 4 heterocycles. The Bertz CT molecular complexity index is 1590. The number of thiophene rings is 1. The molecule has 2 aromatic heterocycles. The molecule has 204 valence electrons. The number of fused-ring (bicyclic) bond motifs is 2. The molecule has 0 saturated carbocycles. The molecule has 4 aromatic rings. The number of nitrogens with zero attached hydrogens (tertiary/aromatic N) is 4. The van der Waals surface area contributed by atoms with Gasteiger partial charge in [-0.25, -0.2) is 13.4 Å². The molecule has 0 bridgehead atoms. The van der Waals surface area contributed by atoms with E-state index in [0.717, 1.165) is 51.8 Å². The number of rotatable bonds is 6. The smallest absolute Gasteiger partial charge is 0.256 e. The zero-order valence-electron chi connectivity index (χ0n) is 22.0. The van der Waals surface area contributed by atoms with Gasteiger partial charge in [0.15, 0.2) is 0 Å². The van der Waals surface area contributed by atoms with Gasteiger partial charge in [-0.2, -0.15) is 4.31 Å². The van der Waals surface area contributed by atoms with Crippen LogP contribution in [-0.2, 0) is 23.0 Å². The lowest BCUT2D eigenvalue weighted by Crippen LogP contribution is -2.47. The summed E-state index contributed by atoms with van der Waals surface area (Å²) in [5, 5.41) is 4.87. The summed E-state index contributed by atoms with van der Waals surface area (Å²) < 4.78 is 28.8. The second-order valence-electron chi connectivity index (χ2n) is 10.00. The number of para-hydroxylation sites is 1. The van der Waals surface area contributed by atoms with E-state index in [4.69, 9.17) is 4.98 Å². The van der Waals surface area contributed by atoms with E-state index in [1.165, 1.54) is 26.9 Å². The van der Waals surface area contributed by atoms with Gasteiger partial charge in [0.05, 0.1) is 15.1 Å². The number of hydrogen-bond donors (Lipinski definition) is 1. The van der Waals surface area contributed by atoms with Crippen molar-refractivity contribution in [1.82, 2.24) is 19.1 Å². The van der Waals surface area contributed by atoms with E-state index >= 15 is 0 Å². The Balaban J connectivity index is 1.28. The fourth-order valence-corrected chi connectivity index (χ4v) is 8.97. The predicted octanol–water partition coefficient (Wildman–Crippen LogP) is 4.59. The molecule has 1 saturated heterocycles. The van der Waals surface area contributed by atoms with Crippen LogP contribution in [0.3, 0.4) is 0 Å². The van der Waals surface area contributed by atoms with Crippen LogP contribution in [0, 0.1) is 0 Å². The maximum absolute atomic E-state index is 13.4. The highest BCUT2D eigenvalue weighted by Crippen LogP contribution is 2.45. The van der Waals surface area contributed by atoms with Crippen LogP contribution in [0.15, 0.2) is 53.4 Å². The number of benzene rings is 2. The van der Waals surface area contributed by atoms with Crippen molar-refractivity contribution in [2.75, 3.05) is 51.6 Å². The fourth-order valence-electron chi connectivity index (χ4n) is 5.15. The minimum absolute atomic E-state index is 0.213. The average molecular weight is 582 g/mol. The standard InChI is InChI=1S/C28H31N5O3S3/c1-3-32-13-12-21-24(18-32)38-28(25(21)27-29-22-6-4-5-7-23(22)37-27)30-26(34)19-8-10-20(11-9-19)39(35,36)33-16-14-31(2)15-17-33/h4-11H,3,12-18H2,1-2H3,(H,30,34). The Labute approximate surface area is 236 Å². The molecule has 0 aliphatic carbocycles. The average Bonchev–Trinajstić information content (AvgIpc) is 3.53. The molecule has 1 amide bonds. The van der Waals surface area contributed by atoms with Gasteiger partial charge >= 0.3 is 0 Å². The van der Waals surface area contributed by atoms with E-state index < -0.39 is 10.0 Å². The fraction of sp³-hybridized carbons (Fsp3) is 0.357. The third kappa shape index (κ3) is 5.15. The highest BCUT2D eigenvalue weighted by atomic mass is 32.2. The van der Waals surface area contributed by atoms with Crippen LogP contribution in [-0.4, -0.2) is 79.7 Å².